The van der Waals surface area contributed by atoms with Gasteiger partial charge in [0.25, 0.3) is 0 Å². The number of hydrogen-bond acceptors (Lipinski definition) is 6. The molecule has 0 aliphatic carbocycles. The van der Waals surface area contributed by atoms with Crippen LogP contribution in [0.4, 0.5) is 0 Å². The van der Waals surface area contributed by atoms with Crippen molar-refractivity contribution >= 4 is 55.4 Å². The lowest BCUT2D eigenvalue weighted by Gasteiger charge is -2.05. The normalized spacial score (nSPS) is 12.5. The Bertz CT molecular complexity index is 306. The molecule has 0 saturated carbocycles. The maximum atomic E-state index is 4.17. The predicted molar refractivity (Wildman–Crippen MR) is 122 cm³/mol. The van der Waals surface area contributed by atoms with Crippen LogP contribution < -0.4 is 10.6 Å². The maximum absolute atomic E-state index is 4.17. The highest BCUT2D eigenvalue weighted by atomic mass is 33.1. The summed E-state index contributed by atoms with van der Waals surface area (Å²) in [6.45, 7) is 0. The molecule has 0 amide bonds. The van der Waals surface area contributed by atoms with Gasteiger partial charge in [0, 0.05) is 51.2 Å². The third kappa shape index (κ3) is 15.8. The van der Waals surface area contributed by atoms with E-state index in [2.05, 4.69) is 20.6 Å². The summed E-state index contributed by atoms with van der Waals surface area (Å²) in [6, 6.07) is 0. The van der Waals surface area contributed by atoms with Crippen LogP contribution in [0.2, 0.25) is 0 Å². The monoisotopic (exact) mass is 410 g/mol. The molecule has 0 fully saturated rings. The number of unbranched alkanes of at least 4 members (excludes halogenated alkanes) is 4. The van der Waals surface area contributed by atoms with Crippen molar-refractivity contribution in [1.29, 1.82) is 0 Å². The summed E-state index contributed by atoms with van der Waals surface area (Å²) < 4.78 is 0. The number of nitrogens with one attached hydrogen (secondary N) is 2. The van der Waals surface area contributed by atoms with E-state index in [-0.39, 0.29) is 0 Å². The van der Waals surface area contributed by atoms with Gasteiger partial charge in [-0.25, -0.2) is 0 Å². The van der Waals surface area contributed by atoms with E-state index in [1.54, 1.807) is 0 Å². The predicted octanol–water partition coefficient (Wildman–Crippen LogP) is 4.59. The van der Waals surface area contributed by atoms with E-state index >= 15 is 0 Å². The lowest BCUT2D eigenvalue weighted by molar-refractivity contribution is 0.786. The van der Waals surface area contributed by atoms with Crippen molar-refractivity contribution in [1.82, 2.24) is 10.6 Å². The molecule has 142 valence electrons. The molecule has 0 aliphatic heterocycles. The van der Waals surface area contributed by atoms with E-state index in [9.17, 15) is 0 Å². The fourth-order valence-electron chi connectivity index (χ4n) is 1.83. The molecule has 4 nitrogen and oxygen atoms in total. The van der Waals surface area contributed by atoms with Crippen molar-refractivity contribution in [3.05, 3.63) is 0 Å². The van der Waals surface area contributed by atoms with Crippen LogP contribution in [0.5, 0.6) is 0 Å². The fourth-order valence-corrected chi connectivity index (χ4v) is 5.76. The Labute approximate surface area is 165 Å². The summed E-state index contributed by atoms with van der Waals surface area (Å²) in [5, 5.41) is 8.29. The Morgan fingerprint density at radius 1 is 0.625 bits per heavy atom. The van der Waals surface area contributed by atoms with Crippen LogP contribution in [-0.4, -0.2) is 61.5 Å². The van der Waals surface area contributed by atoms with Crippen LogP contribution in [0.1, 0.15) is 38.5 Å². The van der Waals surface area contributed by atoms with Crippen LogP contribution in [0.15, 0.2) is 9.98 Å². The van der Waals surface area contributed by atoms with Gasteiger partial charge in [0.05, 0.1) is 0 Å². The van der Waals surface area contributed by atoms with Gasteiger partial charge in [0.2, 0.25) is 0 Å². The van der Waals surface area contributed by atoms with Crippen LogP contribution in [0.3, 0.4) is 0 Å². The van der Waals surface area contributed by atoms with Crippen LogP contribution >= 0.6 is 45.1 Å². The third-order valence-electron chi connectivity index (χ3n) is 3.14. The maximum Gasteiger partial charge on any atom is 0.156 e. The first-order valence-electron chi connectivity index (χ1n) is 8.57. The van der Waals surface area contributed by atoms with E-state index in [1.165, 1.54) is 61.5 Å². The standard InChI is InChI=1S/C16H34N4S4/c1-17-15(18-2)21-11-7-5-9-13-23-24-14-10-6-8-12-22-16(19-3)20-4/h5-14H2,1-4H3,(H,17,18)(H,19,20). The molecular formula is C16H34N4S4. The summed E-state index contributed by atoms with van der Waals surface area (Å²) in [6.07, 6.45) is 7.87. The SMILES string of the molecule is CN=C(NC)SCCCCCSSCCCCCSC(=NC)NC. The number of nitrogens with zero attached hydrogens (tertiary/aromatic N) is 2. The second-order valence-corrected chi connectivity index (χ2v) is 9.89. The van der Waals surface area contributed by atoms with Crippen LogP contribution in [0, 0.1) is 0 Å². The largest absolute Gasteiger partial charge is 0.368 e. The Morgan fingerprint density at radius 3 is 1.33 bits per heavy atom. The zero-order valence-electron chi connectivity index (χ0n) is 15.6. The highest BCUT2D eigenvalue weighted by molar-refractivity contribution is 8.76. The molecule has 0 bridgehead atoms. The average Bonchev–Trinajstić information content (AvgIpc) is 2.62. The lowest BCUT2D eigenvalue weighted by atomic mass is 10.3. The van der Waals surface area contributed by atoms with Crippen molar-refractivity contribution in [3.63, 3.8) is 0 Å². The number of rotatable bonds is 13. The second kappa shape index (κ2) is 19.7. The molecule has 0 aromatic rings. The highest BCUT2D eigenvalue weighted by Crippen LogP contribution is 2.24. The number of amidine groups is 2. The van der Waals surface area contributed by atoms with Gasteiger partial charge in [-0.15, -0.1) is 0 Å². The van der Waals surface area contributed by atoms with Crippen LogP contribution in [0.25, 0.3) is 0 Å². The van der Waals surface area contributed by atoms with Gasteiger partial charge in [-0.05, 0) is 25.7 Å². The van der Waals surface area contributed by atoms with Gasteiger partial charge in [0.15, 0.2) is 10.3 Å². The molecular weight excluding hydrogens is 376 g/mol. The number of thioether (sulfide) groups is 2. The van der Waals surface area contributed by atoms with E-state index < -0.39 is 0 Å². The molecule has 8 heteroatoms. The zero-order chi connectivity index (χ0) is 17.9. The summed E-state index contributed by atoms with van der Waals surface area (Å²) >= 11 is 3.64. The molecule has 2 N–H and O–H groups in total. The van der Waals surface area contributed by atoms with Gasteiger partial charge in [-0.2, -0.15) is 0 Å². The first-order valence-corrected chi connectivity index (χ1v) is 13.0. The van der Waals surface area contributed by atoms with Crippen molar-refractivity contribution in [2.45, 2.75) is 38.5 Å². The molecule has 0 heterocycles. The van der Waals surface area contributed by atoms with E-state index in [1.807, 2.05) is 73.3 Å². The van der Waals surface area contributed by atoms with Crippen molar-refractivity contribution in [3.8, 4) is 0 Å². The minimum Gasteiger partial charge on any atom is -0.368 e. The first kappa shape index (κ1) is 24.3. The van der Waals surface area contributed by atoms with Crippen molar-refractivity contribution < 1.29 is 0 Å². The molecule has 0 saturated heterocycles. The van der Waals surface area contributed by atoms with Crippen molar-refractivity contribution in [2.75, 3.05) is 51.2 Å². The summed E-state index contributed by atoms with van der Waals surface area (Å²) in [4.78, 5) is 8.34. The summed E-state index contributed by atoms with van der Waals surface area (Å²) in [7, 11) is 11.6. The Balaban J connectivity index is 3.18. The van der Waals surface area contributed by atoms with Gasteiger partial charge in [-0.3, -0.25) is 9.98 Å². The Hall–Kier alpha value is 0.340. The minimum atomic E-state index is 1.04. The first-order chi connectivity index (χ1) is 11.8. The second-order valence-electron chi connectivity index (χ2n) is 5.02. The quantitative estimate of drug-likeness (QED) is 0.200. The molecule has 0 rings (SSSR count). The van der Waals surface area contributed by atoms with Gasteiger partial charge in [0.1, 0.15) is 0 Å². The average molecular weight is 411 g/mol. The van der Waals surface area contributed by atoms with E-state index in [4.69, 9.17) is 0 Å². The van der Waals surface area contributed by atoms with E-state index in [0.717, 1.165) is 10.3 Å². The molecule has 0 aromatic heterocycles. The third-order valence-corrected chi connectivity index (χ3v) is 8.02. The number of aliphatic imine (C=N–C) groups is 2. The molecule has 0 aromatic carbocycles. The minimum absolute atomic E-state index is 1.04. The van der Waals surface area contributed by atoms with Gasteiger partial charge >= 0.3 is 0 Å². The van der Waals surface area contributed by atoms with Gasteiger partial charge < -0.3 is 10.6 Å². The highest BCUT2D eigenvalue weighted by Gasteiger charge is 1.98. The molecule has 24 heavy (non-hydrogen) atoms. The molecule has 0 atom stereocenters. The lowest BCUT2D eigenvalue weighted by Crippen LogP contribution is -2.14. The summed E-state index contributed by atoms with van der Waals surface area (Å²) in [5.41, 5.74) is 0. The number of hydrogen-bond donors (Lipinski definition) is 2. The molecule has 0 unspecified atom stereocenters. The van der Waals surface area contributed by atoms with E-state index in [0.29, 0.717) is 0 Å². The summed E-state index contributed by atoms with van der Waals surface area (Å²) in [5.74, 6) is 4.90. The Kier molecular flexibility index (Phi) is 19.9. The molecule has 0 radical (unpaired) electrons. The molecule has 0 aliphatic rings. The smallest absolute Gasteiger partial charge is 0.156 e. The van der Waals surface area contributed by atoms with Crippen molar-refractivity contribution in [2.24, 2.45) is 9.98 Å². The topological polar surface area (TPSA) is 48.8 Å². The zero-order valence-corrected chi connectivity index (χ0v) is 18.9. The Morgan fingerprint density at radius 2 is 1.00 bits per heavy atom. The van der Waals surface area contributed by atoms with Crippen LogP contribution in [-0.2, 0) is 0 Å². The van der Waals surface area contributed by atoms with Gasteiger partial charge in [-0.1, -0.05) is 58.0 Å². The molecule has 0 spiro atoms. The fraction of sp³-hybridized carbons (Fsp3) is 0.875.